The van der Waals surface area contributed by atoms with Crippen LogP contribution in [0.5, 0.6) is 5.75 Å². The van der Waals surface area contributed by atoms with Crippen LogP contribution in [0.4, 0.5) is 5.69 Å². The van der Waals surface area contributed by atoms with Crippen LogP contribution in [0.25, 0.3) is 0 Å². The maximum Gasteiger partial charge on any atom is 0.338 e. The van der Waals surface area contributed by atoms with E-state index in [1.54, 1.807) is 31.4 Å². The first-order valence-corrected chi connectivity index (χ1v) is 6.57. The average Bonchev–Trinajstić information content (AvgIpc) is 2.53. The molecule has 0 fully saturated rings. The third-order valence-corrected chi connectivity index (χ3v) is 3.25. The van der Waals surface area contributed by atoms with Crippen molar-refractivity contribution >= 4 is 11.7 Å². The molecule has 0 bridgehead atoms. The molecular weight excluding hydrogens is 286 g/mol. The van der Waals surface area contributed by atoms with Crippen LogP contribution in [-0.2, 0) is 11.3 Å². The molecule has 0 amide bonds. The zero-order valence-corrected chi connectivity index (χ0v) is 12.2. The second-order valence-electron chi connectivity index (χ2n) is 4.63. The molecule has 6 nitrogen and oxygen atoms in total. The number of carbonyl (C=O) groups is 1. The zero-order valence-electron chi connectivity index (χ0n) is 12.2. The Kier molecular flexibility index (Phi) is 4.73. The van der Waals surface area contributed by atoms with Gasteiger partial charge in [0.25, 0.3) is 5.69 Å². The lowest BCUT2D eigenvalue weighted by atomic mass is 10.1. The minimum Gasteiger partial charge on any atom is -0.497 e. The summed E-state index contributed by atoms with van der Waals surface area (Å²) >= 11 is 0. The molecule has 0 spiro atoms. The van der Waals surface area contributed by atoms with Crippen LogP contribution in [0.3, 0.4) is 0 Å². The van der Waals surface area contributed by atoms with E-state index in [2.05, 4.69) is 0 Å². The summed E-state index contributed by atoms with van der Waals surface area (Å²) in [6.07, 6.45) is 0. The van der Waals surface area contributed by atoms with Crippen LogP contribution >= 0.6 is 0 Å². The van der Waals surface area contributed by atoms with E-state index in [0.29, 0.717) is 11.3 Å². The predicted molar refractivity (Wildman–Crippen MR) is 79.9 cm³/mol. The smallest absolute Gasteiger partial charge is 0.338 e. The largest absolute Gasteiger partial charge is 0.497 e. The van der Waals surface area contributed by atoms with Crippen LogP contribution in [0.2, 0.25) is 0 Å². The summed E-state index contributed by atoms with van der Waals surface area (Å²) in [6.45, 7) is 1.62. The molecule has 114 valence electrons. The minimum absolute atomic E-state index is 0.0883. The van der Waals surface area contributed by atoms with Gasteiger partial charge in [0.2, 0.25) is 0 Å². The predicted octanol–water partition coefficient (Wildman–Crippen LogP) is 3.27. The van der Waals surface area contributed by atoms with Gasteiger partial charge >= 0.3 is 5.97 Å². The molecule has 0 aliphatic carbocycles. The number of rotatable bonds is 5. The first-order valence-electron chi connectivity index (χ1n) is 6.57. The van der Waals surface area contributed by atoms with Crippen molar-refractivity contribution in [3.63, 3.8) is 0 Å². The Labute approximate surface area is 127 Å². The molecule has 0 saturated heterocycles. The van der Waals surface area contributed by atoms with Crippen LogP contribution in [-0.4, -0.2) is 18.0 Å². The van der Waals surface area contributed by atoms with Crippen molar-refractivity contribution in [2.75, 3.05) is 7.11 Å². The Balaban J connectivity index is 2.09. The molecule has 22 heavy (non-hydrogen) atoms. The Bertz CT molecular complexity index is 694. The van der Waals surface area contributed by atoms with E-state index in [0.717, 1.165) is 5.56 Å². The lowest BCUT2D eigenvalue weighted by Crippen LogP contribution is -2.08. The molecular formula is C16H15NO5. The number of carbonyl (C=O) groups excluding carboxylic acids is 1. The lowest BCUT2D eigenvalue weighted by molar-refractivity contribution is -0.385. The fraction of sp³-hybridized carbons (Fsp3) is 0.188. The second-order valence-corrected chi connectivity index (χ2v) is 4.63. The number of nitro groups is 1. The molecule has 0 radical (unpaired) electrons. The van der Waals surface area contributed by atoms with E-state index >= 15 is 0 Å². The summed E-state index contributed by atoms with van der Waals surface area (Å²) in [5, 5.41) is 10.9. The lowest BCUT2D eigenvalue weighted by Gasteiger charge is -2.08. The van der Waals surface area contributed by atoms with Crippen molar-refractivity contribution in [3.05, 3.63) is 69.3 Å². The minimum atomic E-state index is -0.586. The number of ether oxygens (including phenoxy) is 2. The molecule has 0 aliphatic heterocycles. The van der Waals surface area contributed by atoms with Crippen molar-refractivity contribution in [2.24, 2.45) is 0 Å². The van der Waals surface area contributed by atoms with Crippen molar-refractivity contribution in [3.8, 4) is 5.75 Å². The number of nitro benzene ring substituents is 1. The van der Waals surface area contributed by atoms with E-state index in [1.807, 2.05) is 0 Å². The van der Waals surface area contributed by atoms with Gasteiger partial charge in [0.05, 0.1) is 17.6 Å². The molecule has 0 N–H and O–H groups in total. The highest BCUT2D eigenvalue weighted by Gasteiger charge is 2.18. The second kappa shape index (κ2) is 6.71. The van der Waals surface area contributed by atoms with Gasteiger partial charge in [0.1, 0.15) is 12.4 Å². The van der Waals surface area contributed by atoms with Crippen LogP contribution in [0, 0.1) is 17.0 Å². The number of esters is 1. The molecule has 0 aliphatic rings. The van der Waals surface area contributed by atoms with E-state index in [1.165, 1.54) is 25.1 Å². The maximum absolute atomic E-state index is 12.1. The molecule has 6 heteroatoms. The topological polar surface area (TPSA) is 78.7 Å². The van der Waals surface area contributed by atoms with E-state index in [-0.39, 0.29) is 17.9 Å². The third kappa shape index (κ3) is 3.41. The van der Waals surface area contributed by atoms with Crippen molar-refractivity contribution < 1.29 is 19.2 Å². The highest BCUT2D eigenvalue weighted by Crippen LogP contribution is 2.22. The van der Waals surface area contributed by atoms with Gasteiger partial charge in [-0.25, -0.2) is 4.79 Å². The molecule has 2 aromatic carbocycles. The third-order valence-electron chi connectivity index (χ3n) is 3.25. The van der Waals surface area contributed by atoms with E-state index in [4.69, 9.17) is 9.47 Å². The highest BCUT2D eigenvalue weighted by atomic mass is 16.6. The van der Waals surface area contributed by atoms with Gasteiger partial charge in [0, 0.05) is 11.6 Å². The molecule has 2 aromatic rings. The molecule has 0 saturated carbocycles. The summed E-state index contributed by atoms with van der Waals surface area (Å²) in [5.74, 6) is 0.127. The van der Waals surface area contributed by atoms with Gasteiger partial charge < -0.3 is 9.47 Å². The Hall–Kier alpha value is -2.89. The normalized spacial score (nSPS) is 10.1. The Morgan fingerprint density at radius 1 is 1.18 bits per heavy atom. The van der Waals surface area contributed by atoms with Gasteiger partial charge in [-0.3, -0.25) is 10.1 Å². The number of hydrogen-bond donors (Lipinski definition) is 0. The van der Waals surface area contributed by atoms with Gasteiger partial charge in [-0.05, 0) is 30.7 Å². The summed E-state index contributed by atoms with van der Waals surface area (Å²) in [6, 6.07) is 11.4. The van der Waals surface area contributed by atoms with Gasteiger partial charge in [-0.1, -0.05) is 18.2 Å². The monoisotopic (exact) mass is 301 g/mol. The van der Waals surface area contributed by atoms with Gasteiger partial charge in [-0.2, -0.15) is 0 Å². The summed E-state index contributed by atoms with van der Waals surface area (Å²) in [7, 11) is 1.57. The van der Waals surface area contributed by atoms with Crippen molar-refractivity contribution in [1.29, 1.82) is 0 Å². The summed E-state index contributed by atoms with van der Waals surface area (Å²) < 4.78 is 10.2. The van der Waals surface area contributed by atoms with Crippen molar-refractivity contribution in [2.45, 2.75) is 13.5 Å². The quantitative estimate of drug-likeness (QED) is 0.481. The van der Waals surface area contributed by atoms with Crippen LogP contribution in [0.15, 0.2) is 42.5 Å². The molecule has 0 unspecified atom stereocenters. The molecule has 0 atom stereocenters. The number of benzene rings is 2. The fourth-order valence-corrected chi connectivity index (χ4v) is 1.99. The first kappa shape index (κ1) is 15.5. The van der Waals surface area contributed by atoms with Crippen LogP contribution in [0.1, 0.15) is 21.5 Å². The van der Waals surface area contributed by atoms with Gasteiger partial charge in [0.15, 0.2) is 0 Å². The van der Waals surface area contributed by atoms with Crippen molar-refractivity contribution in [1.82, 2.24) is 0 Å². The Morgan fingerprint density at radius 2 is 1.86 bits per heavy atom. The zero-order chi connectivity index (χ0) is 16.1. The number of hydrogen-bond acceptors (Lipinski definition) is 5. The summed E-state index contributed by atoms with van der Waals surface area (Å²) in [4.78, 5) is 22.4. The summed E-state index contributed by atoms with van der Waals surface area (Å²) in [5.41, 5.74) is 1.20. The SMILES string of the molecule is COc1ccc(COC(=O)c2cccc([N+](=O)[O-])c2C)cc1. The number of methoxy groups -OCH3 is 1. The number of nitrogens with zero attached hydrogens (tertiary/aromatic N) is 1. The van der Waals surface area contributed by atoms with Gasteiger partial charge in [-0.15, -0.1) is 0 Å². The first-order chi connectivity index (χ1) is 10.5. The van der Waals surface area contributed by atoms with E-state index < -0.39 is 10.9 Å². The molecule has 2 rings (SSSR count). The van der Waals surface area contributed by atoms with E-state index in [9.17, 15) is 14.9 Å². The maximum atomic E-state index is 12.1. The molecule has 0 aromatic heterocycles. The standard InChI is InChI=1S/C16H15NO5/c1-11-14(4-3-5-15(11)17(19)20)16(18)22-10-12-6-8-13(21-2)9-7-12/h3-9H,10H2,1-2H3. The fourth-order valence-electron chi connectivity index (χ4n) is 1.99. The Morgan fingerprint density at radius 3 is 2.45 bits per heavy atom. The highest BCUT2D eigenvalue weighted by molar-refractivity contribution is 5.92. The van der Waals surface area contributed by atoms with Crippen LogP contribution < -0.4 is 4.74 Å². The average molecular weight is 301 g/mol. The molecule has 0 heterocycles.